The molecule has 0 saturated carbocycles. The van der Waals surface area contributed by atoms with Crippen LogP contribution in [0, 0.1) is 6.92 Å². The van der Waals surface area contributed by atoms with E-state index >= 15 is 0 Å². The Labute approximate surface area is 133 Å². The third kappa shape index (κ3) is 3.33. The molecular weight excluding hydrogens is 294 g/mol. The molecule has 3 heterocycles. The van der Waals surface area contributed by atoms with Gasteiger partial charge in [-0.3, -0.25) is 14.5 Å². The second-order valence-electron chi connectivity index (χ2n) is 5.37. The number of aryl methyl sites for hydroxylation is 1. The number of hydrogen-bond acceptors (Lipinski definition) is 5. The molecular formula is C17H19N3O3. The summed E-state index contributed by atoms with van der Waals surface area (Å²) in [5, 5.41) is 3.32. The molecule has 120 valence electrons. The Morgan fingerprint density at radius 2 is 2.26 bits per heavy atom. The summed E-state index contributed by atoms with van der Waals surface area (Å²) in [7, 11) is 1.64. The summed E-state index contributed by atoms with van der Waals surface area (Å²) >= 11 is 0. The Bertz CT molecular complexity index is 840. The van der Waals surface area contributed by atoms with E-state index in [9.17, 15) is 4.79 Å². The van der Waals surface area contributed by atoms with E-state index < -0.39 is 0 Å². The molecule has 0 radical (unpaired) electrons. The number of ether oxygens (including phenoxy) is 1. The van der Waals surface area contributed by atoms with Crippen LogP contribution in [0.25, 0.3) is 5.65 Å². The van der Waals surface area contributed by atoms with Crippen molar-refractivity contribution >= 4 is 5.65 Å². The van der Waals surface area contributed by atoms with E-state index in [2.05, 4.69) is 10.3 Å². The highest BCUT2D eigenvalue weighted by molar-refractivity contribution is 5.46. The Morgan fingerprint density at radius 3 is 3.00 bits per heavy atom. The molecule has 0 aromatic carbocycles. The lowest BCUT2D eigenvalue weighted by Crippen LogP contribution is -2.26. The quantitative estimate of drug-likeness (QED) is 0.754. The van der Waals surface area contributed by atoms with Crippen molar-refractivity contribution in [2.45, 2.75) is 19.5 Å². The van der Waals surface area contributed by atoms with E-state index in [4.69, 9.17) is 9.15 Å². The molecule has 3 aromatic heterocycles. The van der Waals surface area contributed by atoms with E-state index in [1.54, 1.807) is 30.0 Å². The van der Waals surface area contributed by atoms with Gasteiger partial charge in [-0.2, -0.15) is 0 Å². The molecule has 23 heavy (non-hydrogen) atoms. The minimum atomic E-state index is -0.0906. The maximum atomic E-state index is 12.2. The first kappa shape index (κ1) is 15.5. The van der Waals surface area contributed by atoms with Crippen LogP contribution in [0.2, 0.25) is 0 Å². The van der Waals surface area contributed by atoms with Crippen LogP contribution in [-0.4, -0.2) is 23.1 Å². The van der Waals surface area contributed by atoms with E-state index in [0.29, 0.717) is 24.5 Å². The molecule has 0 amide bonds. The van der Waals surface area contributed by atoms with Gasteiger partial charge in [0, 0.05) is 25.9 Å². The van der Waals surface area contributed by atoms with Crippen LogP contribution >= 0.6 is 0 Å². The number of aromatic nitrogens is 2. The Hall–Kier alpha value is -2.44. The molecule has 1 atom stereocenters. The molecule has 1 N–H and O–H groups in total. The lowest BCUT2D eigenvalue weighted by molar-refractivity contribution is 0.156. The molecule has 0 aliphatic rings. The van der Waals surface area contributed by atoms with Gasteiger partial charge in [0.05, 0.1) is 24.6 Å². The van der Waals surface area contributed by atoms with Crippen LogP contribution in [-0.2, 0) is 11.3 Å². The summed E-state index contributed by atoms with van der Waals surface area (Å²) in [6.07, 6.45) is 3.36. The number of furan rings is 1. The zero-order chi connectivity index (χ0) is 16.2. The fourth-order valence-corrected chi connectivity index (χ4v) is 2.53. The maximum absolute atomic E-state index is 12.2. The molecule has 1 unspecified atom stereocenters. The number of pyridine rings is 1. The minimum Gasteiger partial charge on any atom is -0.468 e. The van der Waals surface area contributed by atoms with Crippen molar-refractivity contribution < 1.29 is 9.15 Å². The zero-order valence-electron chi connectivity index (χ0n) is 13.2. The highest BCUT2D eigenvalue weighted by Crippen LogP contribution is 2.14. The van der Waals surface area contributed by atoms with Crippen molar-refractivity contribution in [1.29, 1.82) is 0 Å². The minimum absolute atomic E-state index is 0.0863. The highest BCUT2D eigenvalue weighted by atomic mass is 16.5. The van der Waals surface area contributed by atoms with Gasteiger partial charge in [-0.1, -0.05) is 6.07 Å². The molecule has 0 fully saturated rings. The lowest BCUT2D eigenvalue weighted by atomic mass is 10.2. The third-order valence-corrected chi connectivity index (χ3v) is 3.69. The standard InChI is InChI=1S/C17H19N3O3/c1-12-5-3-7-20-16(21)9-13(19-17(12)20)10-18-14(11-22-2)15-6-4-8-23-15/h3-9,14,18H,10-11H2,1-2H3. The van der Waals surface area contributed by atoms with Crippen LogP contribution in [0.15, 0.2) is 52.0 Å². The molecule has 0 aliphatic carbocycles. The number of nitrogens with one attached hydrogen (secondary N) is 1. The number of methoxy groups -OCH3 is 1. The SMILES string of the molecule is COCC(NCc1cc(=O)n2cccc(C)c2n1)c1ccco1. The predicted octanol–water partition coefficient (Wildman–Crippen LogP) is 2.07. The van der Waals surface area contributed by atoms with Crippen molar-refractivity contribution in [2.24, 2.45) is 0 Å². The molecule has 0 saturated heterocycles. The van der Waals surface area contributed by atoms with E-state index in [-0.39, 0.29) is 11.6 Å². The molecule has 0 bridgehead atoms. The van der Waals surface area contributed by atoms with Crippen molar-refractivity contribution in [3.63, 3.8) is 0 Å². The Balaban J connectivity index is 1.84. The van der Waals surface area contributed by atoms with Gasteiger partial charge >= 0.3 is 0 Å². The van der Waals surface area contributed by atoms with Gasteiger partial charge in [0.25, 0.3) is 5.56 Å². The van der Waals surface area contributed by atoms with Crippen LogP contribution < -0.4 is 10.9 Å². The van der Waals surface area contributed by atoms with E-state index in [1.807, 2.05) is 31.2 Å². The number of hydrogen-bond donors (Lipinski definition) is 1. The fourth-order valence-electron chi connectivity index (χ4n) is 2.53. The summed E-state index contributed by atoms with van der Waals surface area (Å²) in [6, 6.07) is 8.97. The van der Waals surface area contributed by atoms with Gasteiger partial charge in [0.2, 0.25) is 0 Å². The summed E-state index contributed by atoms with van der Waals surface area (Å²) in [4.78, 5) is 16.8. The normalized spacial score (nSPS) is 12.6. The molecule has 3 rings (SSSR count). The first-order valence-corrected chi connectivity index (χ1v) is 7.42. The average Bonchev–Trinajstić information content (AvgIpc) is 3.07. The Morgan fingerprint density at radius 1 is 1.39 bits per heavy atom. The molecule has 0 aliphatic heterocycles. The summed E-state index contributed by atoms with van der Waals surface area (Å²) in [6.45, 7) is 2.86. The monoisotopic (exact) mass is 313 g/mol. The third-order valence-electron chi connectivity index (χ3n) is 3.69. The van der Waals surface area contributed by atoms with Crippen molar-refractivity contribution in [3.05, 3.63) is 70.2 Å². The average molecular weight is 313 g/mol. The van der Waals surface area contributed by atoms with Gasteiger partial charge in [-0.25, -0.2) is 4.98 Å². The van der Waals surface area contributed by atoms with Crippen molar-refractivity contribution in [3.8, 4) is 0 Å². The maximum Gasteiger partial charge on any atom is 0.258 e. The van der Waals surface area contributed by atoms with Crippen molar-refractivity contribution in [2.75, 3.05) is 13.7 Å². The van der Waals surface area contributed by atoms with Gasteiger partial charge in [0.1, 0.15) is 11.4 Å². The largest absolute Gasteiger partial charge is 0.468 e. The van der Waals surface area contributed by atoms with Gasteiger partial charge < -0.3 is 9.15 Å². The first-order chi connectivity index (χ1) is 11.2. The summed E-state index contributed by atoms with van der Waals surface area (Å²) in [5.41, 5.74) is 2.25. The molecule has 3 aromatic rings. The first-order valence-electron chi connectivity index (χ1n) is 7.42. The number of nitrogens with zero attached hydrogens (tertiary/aromatic N) is 2. The second kappa shape index (κ2) is 6.76. The van der Waals surface area contributed by atoms with Gasteiger partial charge in [-0.15, -0.1) is 0 Å². The highest BCUT2D eigenvalue weighted by Gasteiger charge is 2.14. The van der Waals surface area contributed by atoms with Gasteiger partial charge in [0.15, 0.2) is 0 Å². The predicted molar refractivity (Wildman–Crippen MR) is 86.4 cm³/mol. The molecule has 6 heteroatoms. The topological polar surface area (TPSA) is 68.8 Å². The number of rotatable bonds is 6. The fraction of sp³-hybridized carbons (Fsp3) is 0.294. The smallest absolute Gasteiger partial charge is 0.258 e. The van der Waals surface area contributed by atoms with Crippen LogP contribution in [0.4, 0.5) is 0 Å². The van der Waals surface area contributed by atoms with Gasteiger partial charge in [-0.05, 0) is 30.7 Å². The van der Waals surface area contributed by atoms with E-state index in [1.165, 1.54) is 0 Å². The molecule has 0 spiro atoms. The summed E-state index contributed by atoms with van der Waals surface area (Å²) in [5.74, 6) is 0.792. The zero-order valence-corrected chi connectivity index (χ0v) is 13.2. The van der Waals surface area contributed by atoms with Crippen LogP contribution in [0.5, 0.6) is 0 Å². The summed E-state index contributed by atoms with van der Waals surface area (Å²) < 4.78 is 12.2. The van der Waals surface area contributed by atoms with Crippen LogP contribution in [0.1, 0.15) is 23.1 Å². The Kier molecular flexibility index (Phi) is 4.55. The second-order valence-corrected chi connectivity index (χ2v) is 5.37. The molecule has 6 nitrogen and oxygen atoms in total. The lowest BCUT2D eigenvalue weighted by Gasteiger charge is -2.15. The van der Waals surface area contributed by atoms with E-state index in [0.717, 1.165) is 11.3 Å². The van der Waals surface area contributed by atoms with Crippen molar-refractivity contribution in [1.82, 2.24) is 14.7 Å². The van der Waals surface area contributed by atoms with Crippen LogP contribution in [0.3, 0.4) is 0 Å². The number of fused-ring (bicyclic) bond motifs is 1.